The zero-order chi connectivity index (χ0) is 36.8. The van der Waals surface area contributed by atoms with E-state index in [-0.39, 0.29) is 0 Å². The number of aryl methyl sites for hydroxylation is 3. The van der Waals surface area contributed by atoms with Gasteiger partial charge < -0.3 is 0 Å². The van der Waals surface area contributed by atoms with E-state index in [1.165, 1.54) is 16.7 Å². The lowest BCUT2D eigenvalue weighted by Gasteiger charge is -2.07. The van der Waals surface area contributed by atoms with Crippen LogP contribution >= 0.6 is 22.7 Å². The van der Waals surface area contributed by atoms with Gasteiger partial charge in [-0.2, -0.15) is 0 Å². The first-order valence-electron chi connectivity index (χ1n) is 17.8. The van der Waals surface area contributed by atoms with Gasteiger partial charge in [0.05, 0.1) is 22.8 Å². The van der Waals surface area contributed by atoms with E-state index < -0.39 is 0 Å². The number of nitrogens with zero attached hydrogens (tertiary/aromatic N) is 5. The number of benzene rings is 4. The molecule has 5 nitrogen and oxygen atoms in total. The molecule has 0 saturated carbocycles. The topological polar surface area (TPSA) is 74.5 Å². The van der Waals surface area contributed by atoms with Crippen LogP contribution in [0.25, 0.3) is 98.1 Å². The summed E-state index contributed by atoms with van der Waals surface area (Å²) >= 11 is 3.51. The Kier molecular flexibility index (Phi) is 8.60. The highest BCUT2D eigenvalue weighted by Gasteiger charge is 2.19. The van der Waals surface area contributed by atoms with Crippen LogP contribution < -0.4 is 0 Å². The van der Waals surface area contributed by atoms with Gasteiger partial charge in [0, 0.05) is 51.7 Å². The van der Waals surface area contributed by atoms with E-state index in [0.717, 1.165) is 86.1 Å². The average molecular weight is 732 g/mol. The van der Waals surface area contributed by atoms with Crippen molar-refractivity contribution in [2.45, 2.75) is 20.8 Å². The van der Waals surface area contributed by atoms with E-state index in [4.69, 9.17) is 15.5 Å². The van der Waals surface area contributed by atoms with Crippen LogP contribution in [0.5, 0.6) is 0 Å². The lowest BCUT2D eigenvalue weighted by atomic mass is 10.0. The predicted octanol–water partition coefficient (Wildman–Crippen LogP) is 14.7. The Morgan fingerprint density at radius 1 is 0.407 bits per heavy atom. The van der Waals surface area contributed by atoms with Crippen molar-refractivity contribution in [3.63, 3.8) is 0 Å². The van der Waals surface area contributed by atoms with E-state index >= 15 is 0 Å². The summed E-state index contributed by atoms with van der Waals surface area (Å²) in [7, 11) is 0. The van der Waals surface area contributed by atoms with Gasteiger partial charge in [-0.3, -0.25) is 0 Å². The lowest BCUT2D eigenvalue weighted by molar-refractivity contribution is 1.33. The maximum Gasteiger partial charge on any atom is 0.0730 e. The minimum Gasteiger partial charge on any atom is -0.248 e. The number of azide groups is 1. The second-order valence-corrected chi connectivity index (χ2v) is 15.8. The molecule has 0 saturated heterocycles. The number of rotatable bonds is 5. The SMILES string of the molecule is Cc1ccc(-c2c3nc(c(-c4ccc(C)cc4)c4ccc(s4)c(-c4ccc(N=[N+]=[N-])cc4)c4nc(c(-c5ccc(C)cc5)c5ccc2s5)C=C4)C=C3)cc1. The van der Waals surface area contributed by atoms with E-state index in [0.29, 0.717) is 5.69 Å². The molecule has 0 spiro atoms. The molecular weight excluding hydrogens is 699 g/mol. The smallest absolute Gasteiger partial charge is 0.0730 e. The number of fused-ring (bicyclic) bond motifs is 8. The first-order valence-corrected chi connectivity index (χ1v) is 19.4. The zero-order valence-electron chi connectivity index (χ0n) is 29.9. The third kappa shape index (κ3) is 6.25. The van der Waals surface area contributed by atoms with Gasteiger partial charge in [0.2, 0.25) is 0 Å². The first kappa shape index (κ1) is 33.5. The van der Waals surface area contributed by atoms with E-state index in [1.54, 1.807) is 22.7 Å². The van der Waals surface area contributed by atoms with Gasteiger partial charge in [0.25, 0.3) is 0 Å². The highest BCUT2D eigenvalue weighted by Crippen LogP contribution is 2.43. The molecule has 0 unspecified atom stereocenters. The Hall–Kier alpha value is -6.37. The van der Waals surface area contributed by atoms with Crippen molar-refractivity contribution in [2.24, 2.45) is 5.11 Å². The van der Waals surface area contributed by atoms with Crippen molar-refractivity contribution in [2.75, 3.05) is 0 Å². The fraction of sp³-hybridized carbons (Fsp3) is 0.0638. The van der Waals surface area contributed by atoms with E-state index in [9.17, 15) is 0 Å². The Labute approximate surface area is 321 Å². The fourth-order valence-corrected chi connectivity index (χ4v) is 9.38. The number of aromatic nitrogens is 2. The third-order valence-corrected chi connectivity index (χ3v) is 12.1. The van der Waals surface area contributed by atoms with Crippen molar-refractivity contribution < 1.29 is 0 Å². The molecule has 7 heteroatoms. The highest BCUT2D eigenvalue weighted by atomic mass is 32.1. The number of hydrogen-bond acceptors (Lipinski definition) is 5. The maximum absolute atomic E-state index is 9.08. The summed E-state index contributed by atoms with van der Waals surface area (Å²) in [4.78, 5) is 13.9. The summed E-state index contributed by atoms with van der Waals surface area (Å²) in [6.07, 6.45) is 8.61. The Bertz CT molecular complexity index is 2830. The van der Waals surface area contributed by atoms with Gasteiger partial charge in [-0.25, -0.2) is 9.97 Å². The first-order chi connectivity index (χ1) is 26.4. The van der Waals surface area contributed by atoms with Crippen LogP contribution in [-0.4, -0.2) is 9.97 Å². The molecule has 0 aliphatic carbocycles. The van der Waals surface area contributed by atoms with Crippen molar-refractivity contribution in [1.82, 2.24) is 9.97 Å². The second kappa shape index (κ2) is 13.9. The summed E-state index contributed by atoms with van der Waals surface area (Å²) in [6, 6.07) is 42.8. The molecule has 0 amide bonds. The molecule has 9 rings (SSSR count). The van der Waals surface area contributed by atoms with Crippen LogP contribution in [-0.2, 0) is 0 Å². The molecule has 3 aromatic heterocycles. The summed E-state index contributed by atoms with van der Waals surface area (Å²) in [6.45, 7) is 6.36. The minimum atomic E-state index is 0.566. The predicted molar refractivity (Wildman–Crippen MR) is 231 cm³/mol. The molecular formula is C47H33N5S2. The molecule has 0 atom stereocenters. The molecule has 0 N–H and O–H groups in total. The highest BCUT2D eigenvalue weighted by molar-refractivity contribution is 7.24. The molecule has 2 aliphatic rings. The standard InChI is InChI=1S/C47H33N5S2/c1-28-4-10-31(11-5-28)44-36-20-21-37(49-36)45(32-12-6-29(2)7-13-32)42-26-27-43(54-42)47(34-16-18-35(19-17-34)51-52-48)39-23-22-38(50-39)46(41-25-24-40(44)53-41)33-14-8-30(3)9-15-33/h4-27H,1-3H3. The molecule has 2 aliphatic heterocycles. The molecule has 54 heavy (non-hydrogen) atoms. The van der Waals surface area contributed by atoms with Crippen LogP contribution in [0.3, 0.4) is 0 Å². The number of thiophene rings is 2. The average Bonchev–Trinajstić information content (AvgIpc) is 4.02. The van der Waals surface area contributed by atoms with Crippen molar-refractivity contribution in [1.29, 1.82) is 0 Å². The van der Waals surface area contributed by atoms with Gasteiger partial charge in [0.15, 0.2) is 0 Å². The summed E-state index contributed by atoms with van der Waals surface area (Å²) < 4.78 is 4.47. The second-order valence-electron chi connectivity index (χ2n) is 13.6. The molecule has 5 heterocycles. The van der Waals surface area contributed by atoms with Gasteiger partial charge in [-0.05, 0) is 97.1 Å². The van der Waals surface area contributed by atoms with Crippen LogP contribution in [0.1, 0.15) is 39.5 Å². The fourth-order valence-electron chi connectivity index (χ4n) is 7.07. The molecule has 258 valence electrons. The Balaban J connectivity index is 1.45. The summed E-state index contributed by atoms with van der Waals surface area (Å²) in [5.74, 6) is 0. The normalized spacial score (nSPS) is 11.8. The van der Waals surface area contributed by atoms with Crippen molar-refractivity contribution >= 4 is 71.5 Å². The van der Waals surface area contributed by atoms with E-state index in [2.05, 4.69) is 152 Å². The van der Waals surface area contributed by atoms with Gasteiger partial charge in [0.1, 0.15) is 0 Å². The molecule has 0 fully saturated rings. The Morgan fingerprint density at radius 2 is 0.685 bits per heavy atom. The minimum absolute atomic E-state index is 0.566. The summed E-state index contributed by atoms with van der Waals surface area (Å²) in [5.41, 5.74) is 25.6. The van der Waals surface area contributed by atoms with Gasteiger partial charge in [-0.15, -0.1) is 22.7 Å². The molecule has 7 aromatic rings. The summed E-state index contributed by atoms with van der Waals surface area (Å²) in [5, 5.41) is 3.83. The van der Waals surface area contributed by atoms with Crippen LogP contribution in [0.15, 0.2) is 126 Å². The van der Waals surface area contributed by atoms with Crippen molar-refractivity contribution in [3.05, 3.63) is 171 Å². The number of hydrogen-bond donors (Lipinski definition) is 0. The van der Waals surface area contributed by atoms with Gasteiger partial charge in [-0.1, -0.05) is 119 Å². The largest absolute Gasteiger partial charge is 0.248 e. The molecule has 8 bridgehead atoms. The lowest BCUT2D eigenvalue weighted by Crippen LogP contribution is -1.87. The van der Waals surface area contributed by atoms with Crippen molar-refractivity contribution in [3.8, 4) is 44.5 Å². The van der Waals surface area contributed by atoms with E-state index in [1.807, 2.05) is 24.3 Å². The Morgan fingerprint density at radius 3 is 0.963 bits per heavy atom. The third-order valence-electron chi connectivity index (χ3n) is 9.84. The quantitative estimate of drug-likeness (QED) is 0.100. The van der Waals surface area contributed by atoms with Crippen LogP contribution in [0, 0.1) is 20.8 Å². The zero-order valence-corrected chi connectivity index (χ0v) is 31.5. The van der Waals surface area contributed by atoms with Gasteiger partial charge >= 0.3 is 0 Å². The molecule has 4 aromatic carbocycles. The maximum atomic E-state index is 9.08. The monoisotopic (exact) mass is 731 g/mol. The van der Waals surface area contributed by atoms with Crippen LogP contribution in [0.4, 0.5) is 5.69 Å². The van der Waals surface area contributed by atoms with Crippen LogP contribution in [0.2, 0.25) is 0 Å². The molecule has 0 radical (unpaired) electrons.